The van der Waals surface area contributed by atoms with Gasteiger partial charge in [-0.25, -0.2) is 4.79 Å². The van der Waals surface area contributed by atoms with Crippen LogP contribution in [0.5, 0.6) is 0 Å². The fraction of sp³-hybridized carbons (Fsp3) is 0.692. The highest BCUT2D eigenvalue weighted by Gasteiger charge is 2.19. The summed E-state index contributed by atoms with van der Waals surface area (Å²) in [6.07, 6.45) is 6.78. The predicted molar refractivity (Wildman–Crippen MR) is 71.0 cm³/mol. The number of nitrogens with one attached hydrogen (secondary N) is 3. The largest absolute Gasteiger partial charge is 0.367 e. The van der Waals surface area contributed by atoms with Crippen LogP contribution in [0.3, 0.4) is 0 Å². The fourth-order valence-corrected chi connectivity index (χ4v) is 2.96. The van der Waals surface area contributed by atoms with Crippen molar-refractivity contribution >= 4 is 5.82 Å². The normalized spacial score (nSPS) is 20.4. The molecule has 1 aliphatic heterocycles. The van der Waals surface area contributed by atoms with Gasteiger partial charge >= 0.3 is 5.69 Å². The Bertz CT molecular complexity index is 476. The summed E-state index contributed by atoms with van der Waals surface area (Å²) in [6.45, 7) is 1.88. The van der Waals surface area contributed by atoms with Crippen molar-refractivity contribution in [2.24, 2.45) is 0 Å². The van der Waals surface area contributed by atoms with Crippen molar-refractivity contribution in [2.45, 2.75) is 44.6 Å². The Balaban J connectivity index is 1.91. The minimum Gasteiger partial charge on any atom is -0.367 e. The second-order valence-electron chi connectivity index (χ2n) is 5.22. The molecule has 2 aliphatic rings. The van der Waals surface area contributed by atoms with E-state index in [0.29, 0.717) is 6.04 Å². The van der Waals surface area contributed by atoms with Crippen LogP contribution in [0.4, 0.5) is 5.82 Å². The Hall–Kier alpha value is -1.36. The van der Waals surface area contributed by atoms with Crippen LogP contribution in [0, 0.1) is 0 Å². The van der Waals surface area contributed by atoms with Gasteiger partial charge in [-0.1, -0.05) is 12.8 Å². The summed E-state index contributed by atoms with van der Waals surface area (Å²) in [5.74, 6) is 0.823. The maximum atomic E-state index is 11.6. The molecule has 0 amide bonds. The van der Waals surface area contributed by atoms with Crippen molar-refractivity contribution in [1.29, 1.82) is 0 Å². The van der Waals surface area contributed by atoms with Crippen molar-refractivity contribution < 1.29 is 0 Å². The van der Waals surface area contributed by atoms with Gasteiger partial charge in [0.05, 0.1) is 0 Å². The van der Waals surface area contributed by atoms with E-state index in [9.17, 15) is 4.79 Å². The molecule has 1 aromatic heterocycles. The van der Waals surface area contributed by atoms with Crippen LogP contribution in [0.15, 0.2) is 4.79 Å². The van der Waals surface area contributed by atoms with Gasteiger partial charge in [0.25, 0.3) is 0 Å². The van der Waals surface area contributed by atoms with Crippen molar-refractivity contribution in [2.75, 3.05) is 18.4 Å². The molecule has 1 aliphatic carbocycles. The molecule has 1 fully saturated rings. The van der Waals surface area contributed by atoms with Gasteiger partial charge in [-0.2, -0.15) is 4.98 Å². The van der Waals surface area contributed by atoms with Crippen LogP contribution in [0.2, 0.25) is 0 Å². The third kappa shape index (κ3) is 2.41. The van der Waals surface area contributed by atoms with E-state index in [0.717, 1.165) is 37.4 Å². The monoisotopic (exact) mass is 248 g/mol. The molecular weight excluding hydrogens is 228 g/mol. The Morgan fingerprint density at radius 2 is 1.94 bits per heavy atom. The number of rotatable bonds is 2. The minimum absolute atomic E-state index is 0.226. The van der Waals surface area contributed by atoms with Crippen molar-refractivity contribution in [3.8, 4) is 0 Å². The topological polar surface area (TPSA) is 69.8 Å². The number of aromatic amines is 1. The van der Waals surface area contributed by atoms with Gasteiger partial charge in [-0.05, 0) is 25.8 Å². The zero-order chi connectivity index (χ0) is 12.4. The summed E-state index contributed by atoms with van der Waals surface area (Å²) in [6, 6.07) is 0.500. The summed E-state index contributed by atoms with van der Waals surface area (Å²) < 4.78 is 0. The van der Waals surface area contributed by atoms with Gasteiger partial charge in [-0.3, -0.25) is 0 Å². The molecule has 0 unspecified atom stereocenters. The summed E-state index contributed by atoms with van der Waals surface area (Å²) in [5, 5.41) is 6.84. The lowest BCUT2D eigenvalue weighted by Crippen LogP contribution is -2.23. The number of hydrogen-bond donors (Lipinski definition) is 3. The van der Waals surface area contributed by atoms with Crippen molar-refractivity contribution in [3.05, 3.63) is 21.7 Å². The molecule has 98 valence electrons. The van der Waals surface area contributed by atoms with Gasteiger partial charge in [0.15, 0.2) is 0 Å². The van der Waals surface area contributed by atoms with E-state index in [4.69, 9.17) is 0 Å². The molecule has 2 heterocycles. The summed E-state index contributed by atoms with van der Waals surface area (Å²) in [4.78, 5) is 18.6. The Kier molecular flexibility index (Phi) is 3.32. The number of H-pyrrole nitrogens is 1. The Labute approximate surface area is 106 Å². The molecule has 0 aromatic carbocycles. The Morgan fingerprint density at radius 3 is 2.78 bits per heavy atom. The molecule has 0 spiro atoms. The zero-order valence-electron chi connectivity index (χ0n) is 10.6. The number of fused-ring (bicyclic) bond motifs is 1. The van der Waals surface area contributed by atoms with Crippen LogP contribution < -0.4 is 16.3 Å². The van der Waals surface area contributed by atoms with Crippen LogP contribution in [0.1, 0.15) is 36.9 Å². The van der Waals surface area contributed by atoms with Gasteiger partial charge in [-0.15, -0.1) is 0 Å². The second kappa shape index (κ2) is 5.10. The van der Waals surface area contributed by atoms with Gasteiger partial charge in [0.2, 0.25) is 0 Å². The van der Waals surface area contributed by atoms with Gasteiger partial charge in [0.1, 0.15) is 5.82 Å². The quantitative estimate of drug-likeness (QED) is 0.724. The molecule has 1 saturated carbocycles. The third-order valence-electron chi connectivity index (χ3n) is 3.92. The first-order valence-corrected chi connectivity index (χ1v) is 6.92. The smallest absolute Gasteiger partial charge is 0.347 e. The molecule has 0 bridgehead atoms. The van der Waals surface area contributed by atoms with E-state index in [1.165, 1.54) is 31.2 Å². The maximum Gasteiger partial charge on any atom is 0.347 e. The van der Waals surface area contributed by atoms with Gasteiger partial charge < -0.3 is 15.6 Å². The predicted octanol–water partition coefficient (Wildman–Crippen LogP) is 0.813. The molecule has 5 nitrogen and oxygen atoms in total. The van der Waals surface area contributed by atoms with E-state index in [1.54, 1.807) is 0 Å². The molecule has 0 saturated heterocycles. The lowest BCUT2D eigenvalue weighted by Gasteiger charge is -2.16. The standard InChI is InChI=1S/C13H20N4O/c18-13-16-11-6-8-14-7-5-10(11)12(17-13)15-9-3-1-2-4-9/h9,14H,1-8H2,(H2,15,16,17,18). The highest BCUT2D eigenvalue weighted by atomic mass is 16.1. The number of aromatic nitrogens is 2. The van der Waals surface area contributed by atoms with Gasteiger partial charge in [0, 0.05) is 30.3 Å². The SMILES string of the molecule is O=c1nc(NC2CCCC2)c2c([nH]1)CCNCC2. The third-order valence-corrected chi connectivity index (χ3v) is 3.92. The van der Waals surface area contributed by atoms with E-state index in [2.05, 4.69) is 20.6 Å². The van der Waals surface area contributed by atoms with Crippen LogP contribution in [-0.4, -0.2) is 29.1 Å². The second-order valence-corrected chi connectivity index (χ2v) is 5.22. The number of nitrogens with zero attached hydrogens (tertiary/aromatic N) is 1. The first-order chi connectivity index (χ1) is 8.83. The first-order valence-electron chi connectivity index (χ1n) is 6.92. The molecule has 3 N–H and O–H groups in total. The lowest BCUT2D eigenvalue weighted by molar-refractivity contribution is 0.707. The highest BCUT2D eigenvalue weighted by Crippen LogP contribution is 2.24. The number of anilines is 1. The Morgan fingerprint density at radius 1 is 1.17 bits per heavy atom. The average molecular weight is 248 g/mol. The molecular formula is C13H20N4O. The minimum atomic E-state index is -0.226. The molecule has 3 rings (SSSR count). The average Bonchev–Trinajstić information content (AvgIpc) is 2.73. The maximum absolute atomic E-state index is 11.6. The zero-order valence-corrected chi connectivity index (χ0v) is 10.6. The lowest BCUT2D eigenvalue weighted by atomic mass is 10.1. The highest BCUT2D eigenvalue weighted by molar-refractivity contribution is 5.47. The molecule has 18 heavy (non-hydrogen) atoms. The van der Waals surface area contributed by atoms with E-state index in [-0.39, 0.29) is 5.69 Å². The van der Waals surface area contributed by atoms with Crippen LogP contribution in [0.25, 0.3) is 0 Å². The summed E-state index contributed by atoms with van der Waals surface area (Å²) in [5.41, 5.74) is 2.03. The summed E-state index contributed by atoms with van der Waals surface area (Å²) in [7, 11) is 0. The van der Waals surface area contributed by atoms with Crippen molar-refractivity contribution in [3.63, 3.8) is 0 Å². The van der Waals surface area contributed by atoms with E-state index in [1.807, 2.05) is 0 Å². The first kappa shape index (κ1) is 11.7. The fourth-order valence-electron chi connectivity index (χ4n) is 2.96. The summed E-state index contributed by atoms with van der Waals surface area (Å²) >= 11 is 0. The molecule has 0 radical (unpaired) electrons. The van der Waals surface area contributed by atoms with E-state index >= 15 is 0 Å². The van der Waals surface area contributed by atoms with Crippen LogP contribution >= 0.6 is 0 Å². The van der Waals surface area contributed by atoms with Crippen LogP contribution in [-0.2, 0) is 12.8 Å². The van der Waals surface area contributed by atoms with Crippen molar-refractivity contribution in [1.82, 2.24) is 15.3 Å². The molecule has 5 heteroatoms. The van der Waals surface area contributed by atoms with E-state index < -0.39 is 0 Å². The molecule has 0 atom stereocenters. The number of hydrogen-bond acceptors (Lipinski definition) is 4. The molecule has 1 aromatic rings.